The van der Waals surface area contributed by atoms with E-state index in [0.717, 1.165) is 5.56 Å². The third kappa shape index (κ3) is 6.59. The van der Waals surface area contributed by atoms with Gasteiger partial charge in [0.05, 0.1) is 6.29 Å². The number of rotatable bonds is 8. The minimum atomic E-state index is -3.14. The first-order valence-corrected chi connectivity index (χ1v) is 13.1. The van der Waals surface area contributed by atoms with E-state index in [1.54, 1.807) is 6.92 Å². The molecule has 1 rings (SSSR count). The zero-order valence-corrected chi connectivity index (χ0v) is 16.9. The molecular formula is C16H29N2O3PSi. The fourth-order valence-corrected chi connectivity index (χ4v) is 8.60. The summed E-state index contributed by atoms with van der Waals surface area (Å²) in [7, 11) is -1.47. The smallest absolute Gasteiger partial charge is 0.233 e. The number of benzene rings is 1. The van der Waals surface area contributed by atoms with Crippen LogP contribution in [0.2, 0.25) is 19.6 Å². The van der Waals surface area contributed by atoms with E-state index < -0.39 is 21.5 Å². The number of carbonyl (C=O) groups excluding carboxylic acids is 1. The minimum absolute atomic E-state index is 0.128. The van der Waals surface area contributed by atoms with Gasteiger partial charge in [-0.2, -0.15) is 0 Å². The van der Waals surface area contributed by atoms with Crippen LogP contribution >= 0.6 is 7.37 Å². The van der Waals surface area contributed by atoms with Crippen LogP contribution in [0.15, 0.2) is 30.3 Å². The fraction of sp³-hybridized carbons (Fsp3) is 0.562. The summed E-state index contributed by atoms with van der Waals surface area (Å²) in [6.45, 7) is 7.82. The third-order valence-electron chi connectivity index (χ3n) is 3.04. The molecule has 130 valence electrons. The molecule has 2 atom stereocenters. The van der Waals surface area contributed by atoms with Gasteiger partial charge >= 0.3 is 0 Å². The average Bonchev–Trinajstić information content (AvgIpc) is 2.42. The van der Waals surface area contributed by atoms with Gasteiger partial charge < -0.3 is 14.4 Å². The van der Waals surface area contributed by atoms with Crippen LogP contribution in [-0.2, 0) is 13.6 Å². The predicted octanol–water partition coefficient (Wildman–Crippen LogP) is 3.86. The van der Waals surface area contributed by atoms with Crippen molar-refractivity contribution in [2.75, 3.05) is 20.4 Å². The van der Waals surface area contributed by atoms with E-state index in [1.165, 1.54) is 0 Å². The normalized spacial score (nSPS) is 16.0. The molecule has 0 radical (unpaired) electrons. The number of nitrogens with one attached hydrogen (secondary N) is 1. The Morgan fingerprint density at radius 2 is 1.83 bits per heavy atom. The Bertz CT molecular complexity index is 558. The van der Waals surface area contributed by atoms with E-state index in [0.29, 0.717) is 12.7 Å². The minimum Gasteiger partial charge on any atom is -0.368 e. The van der Waals surface area contributed by atoms with Gasteiger partial charge in [0.25, 0.3) is 0 Å². The van der Waals surface area contributed by atoms with Crippen LogP contribution in [0.25, 0.3) is 0 Å². The quantitative estimate of drug-likeness (QED) is 0.568. The van der Waals surface area contributed by atoms with Gasteiger partial charge in [-0.15, -0.1) is 0 Å². The molecule has 0 spiro atoms. The summed E-state index contributed by atoms with van der Waals surface area (Å²) in [6.07, 6.45) is 0.638. The molecule has 1 N–H and O–H groups in total. The summed E-state index contributed by atoms with van der Waals surface area (Å²) in [5.41, 5.74) is 0.817. The molecule has 0 fully saturated rings. The standard InChI is InChI=1S/C16H29N2O3PSi/c1-7-15(19)17-16(14-11-9-8-10-12-14)22(20,13-18(2)3)21-23(4,5)6/h8-12,16H,7,13H2,1-6H3,(H,17,19). The van der Waals surface area contributed by atoms with Crippen LogP contribution in [0.4, 0.5) is 0 Å². The van der Waals surface area contributed by atoms with Crippen molar-refractivity contribution >= 4 is 21.6 Å². The summed E-state index contributed by atoms with van der Waals surface area (Å²) in [5.74, 6) is -0.748. The zero-order chi connectivity index (χ0) is 17.7. The van der Waals surface area contributed by atoms with Crippen LogP contribution in [0.5, 0.6) is 0 Å². The lowest BCUT2D eigenvalue weighted by atomic mass is 10.2. The van der Waals surface area contributed by atoms with Crippen molar-refractivity contribution in [3.05, 3.63) is 35.9 Å². The summed E-state index contributed by atoms with van der Waals surface area (Å²) < 4.78 is 19.9. The highest BCUT2D eigenvalue weighted by molar-refractivity contribution is 7.60. The molecule has 1 aromatic rings. The van der Waals surface area contributed by atoms with Crippen molar-refractivity contribution < 1.29 is 13.6 Å². The molecule has 7 heteroatoms. The SMILES string of the molecule is CCC(=O)NC(c1ccccc1)P(=O)(CN(C)C)O[Si](C)(C)C. The van der Waals surface area contributed by atoms with Gasteiger partial charge in [-0.05, 0) is 39.3 Å². The highest BCUT2D eigenvalue weighted by Crippen LogP contribution is 2.60. The fourth-order valence-electron chi connectivity index (χ4n) is 2.32. The van der Waals surface area contributed by atoms with E-state index in [1.807, 2.05) is 69.0 Å². The van der Waals surface area contributed by atoms with Gasteiger partial charge in [0.15, 0.2) is 8.32 Å². The van der Waals surface area contributed by atoms with Crippen molar-refractivity contribution in [2.24, 2.45) is 0 Å². The van der Waals surface area contributed by atoms with Gasteiger partial charge in [0.1, 0.15) is 5.78 Å². The summed E-state index contributed by atoms with van der Waals surface area (Å²) in [5, 5.41) is 2.92. The van der Waals surface area contributed by atoms with Crippen LogP contribution in [0.3, 0.4) is 0 Å². The van der Waals surface area contributed by atoms with Crippen molar-refractivity contribution in [2.45, 2.75) is 38.8 Å². The molecule has 0 heterocycles. The van der Waals surface area contributed by atoms with Crippen molar-refractivity contribution in [3.8, 4) is 0 Å². The predicted molar refractivity (Wildman–Crippen MR) is 98.2 cm³/mol. The highest BCUT2D eigenvalue weighted by atomic mass is 31.2. The largest absolute Gasteiger partial charge is 0.368 e. The molecule has 5 nitrogen and oxygen atoms in total. The first-order chi connectivity index (χ1) is 10.6. The summed E-state index contributed by atoms with van der Waals surface area (Å²) in [4.78, 5) is 13.9. The Hall–Kier alpha value is -0.943. The maximum atomic E-state index is 13.7. The van der Waals surface area contributed by atoms with Gasteiger partial charge in [-0.25, -0.2) is 0 Å². The van der Waals surface area contributed by atoms with E-state index >= 15 is 0 Å². The van der Waals surface area contributed by atoms with Crippen molar-refractivity contribution in [3.63, 3.8) is 0 Å². The number of hydrogen-bond acceptors (Lipinski definition) is 4. The molecule has 0 bridgehead atoms. The molecule has 0 aromatic heterocycles. The van der Waals surface area contributed by atoms with E-state index in [9.17, 15) is 9.36 Å². The van der Waals surface area contributed by atoms with Gasteiger partial charge in [-0.3, -0.25) is 9.36 Å². The number of nitrogens with zero attached hydrogens (tertiary/aromatic N) is 1. The van der Waals surface area contributed by atoms with Gasteiger partial charge in [0.2, 0.25) is 13.3 Å². The Balaban J connectivity index is 3.31. The summed E-state index contributed by atoms with van der Waals surface area (Å²) >= 11 is 0. The molecule has 2 unspecified atom stereocenters. The molecule has 1 aromatic carbocycles. The molecule has 0 aliphatic rings. The maximum absolute atomic E-state index is 13.7. The molecule has 0 aliphatic heterocycles. The molecule has 0 aliphatic carbocycles. The molecule has 0 saturated heterocycles. The number of hydrogen-bond donors (Lipinski definition) is 1. The lowest BCUT2D eigenvalue weighted by Gasteiger charge is -2.35. The maximum Gasteiger partial charge on any atom is 0.233 e. The van der Waals surface area contributed by atoms with E-state index in [4.69, 9.17) is 4.21 Å². The lowest BCUT2D eigenvalue weighted by Crippen LogP contribution is -2.35. The highest BCUT2D eigenvalue weighted by Gasteiger charge is 2.40. The Morgan fingerprint density at radius 1 is 1.26 bits per heavy atom. The van der Waals surface area contributed by atoms with Crippen LogP contribution < -0.4 is 5.32 Å². The van der Waals surface area contributed by atoms with Crippen molar-refractivity contribution in [1.82, 2.24) is 10.2 Å². The molecule has 1 amide bonds. The van der Waals surface area contributed by atoms with Gasteiger partial charge in [0, 0.05) is 6.42 Å². The molecule has 23 heavy (non-hydrogen) atoms. The summed E-state index contributed by atoms with van der Waals surface area (Å²) in [6, 6.07) is 9.44. The molecular weight excluding hydrogens is 327 g/mol. The van der Waals surface area contributed by atoms with Crippen LogP contribution in [0, 0.1) is 0 Å². The first kappa shape index (κ1) is 20.1. The number of carbonyl (C=O) groups is 1. The lowest BCUT2D eigenvalue weighted by molar-refractivity contribution is -0.121. The number of amides is 1. The zero-order valence-electron chi connectivity index (χ0n) is 15.0. The van der Waals surface area contributed by atoms with Crippen LogP contribution in [-0.4, -0.2) is 39.5 Å². The average molecular weight is 356 g/mol. The topological polar surface area (TPSA) is 58.6 Å². The van der Waals surface area contributed by atoms with Crippen molar-refractivity contribution in [1.29, 1.82) is 0 Å². The van der Waals surface area contributed by atoms with E-state index in [2.05, 4.69) is 5.32 Å². The molecule has 0 saturated carbocycles. The van der Waals surface area contributed by atoms with Crippen LogP contribution in [0.1, 0.15) is 24.7 Å². The van der Waals surface area contributed by atoms with E-state index in [-0.39, 0.29) is 5.91 Å². The first-order valence-electron chi connectivity index (χ1n) is 7.86. The second kappa shape index (κ2) is 8.24. The Labute approximate surface area is 141 Å². The van der Waals surface area contributed by atoms with Gasteiger partial charge in [-0.1, -0.05) is 37.3 Å². The third-order valence-corrected chi connectivity index (χ3v) is 8.64. The monoisotopic (exact) mass is 356 g/mol. The Kier molecular flexibility index (Phi) is 7.20. The second-order valence-corrected chi connectivity index (χ2v) is 14.1. The Morgan fingerprint density at radius 3 is 2.26 bits per heavy atom. The second-order valence-electron chi connectivity index (χ2n) is 6.89.